The maximum Gasteiger partial charge on any atom is 0.290 e. The van der Waals surface area contributed by atoms with Gasteiger partial charge < -0.3 is 14.2 Å². The van der Waals surface area contributed by atoms with Crippen LogP contribution in [0.3, 0.4) is 0 Å². The molecule has 6 heteroatoms. The highest BCUT2D eigenvalue weighted by atomic mass is 16.5. The first-order valence-electron chi connectivity index (χ1n) is 8.90. The van der Waals surface area contributed by atoms with Gasteiger partial charge in [-0.15, -0.1) is 0 Å². The van der Waals surface area contributed by atoms with Gasteiger partial charge in [0.15, 0.2) is 5.82 Å². The number of imidazole rings is 1. The lowest BCUT2D eigenvalue weighted by molar-refractivity contribution is 0.0292. The normalized spacial score (nSPS) is 18.2. The minimum absolute atomic E-state index is 0.0230. The van der Waals surface area contributed by atoms with Gasteiger partial charge in [0.2, 0.25) is 0 Å². The number of ether oxygens (including phenoxy) is 1. The molecule has 6 nitrogen and oxygen atoms in total. The molecule has 1 aromatic carbocycles. The Morgan fingerprint density at radius 2 is 1.92 bits per heavy atom. The van der Waals surface area contributed by atoms with Gasteiger partial charge in [0.1, 0.15) is 0 Å². The minimum atomic E-state index is 0.0230. The zero-order valence-corrected chi connectivity index (χ0v) is 14.6. The standard InChI is InChI=1S/C19H24N4O2/c1-21-17-7-8-22(13-15-5-3-2-4-6-15)14-16(17)20-18(21)19(24)23-9-11-25-12-10-23/h2-6H,7-14H2,1H3. The van der Waals surface area contributed by atoms with Crippen molar-refractivity contribution in [1.29, 1.82) is 0 Å². The van der Waals surface area contributed by atoms with Crippen LogP contribution in [0.15, 0.2) is 30.3 Å². The van der Waals surface area contributed by atoms with Gasteiger partial charge >= 0.3 is 0 Å². The summed E-state index contributed by atoms with van der Waals surface area (Å²) in [5.74, 6) is 0.586. The molecule has 1 aromatic heterocycles. The first-order valence-corrected chi connectivity index (χ1v) is 8.90. The van der Waals surface area contributed by atoms with Gasteiger partial charge in [-0.3, -0.25) is 9.69 Å². The Labute approximate surface area is 148 Å². The zero-order valence-electron chi connectivity index (χ0n) is 14.6. The Balaban J connectivity index is 1.50. The van der Waals surface area contributed by atoms with Crippen LogP contribution in [0.2, 0.25) is 0 Å². The summed E-state index contributed by atoms with van der Waals surface area (Å²) in [6.45, 7) is 5.24. The van der Waals surface area contributed by atoms with E-state index in [4.69, 9.17) is 9.72 Å². The summed E-state index contributed by atoms with van der Waals surface area (Å²) >= 11 is 0. The molecular formula is C19H24N4O2. The third-order valence-corrected chi connectivity index (χ3v) is 5.07. The van der Waals surface area contributed by atoms with E-state index < -0.39 is 0 Å². The Bertz CT molecular complexity index is 750. The molecular weight excluding hydrogens is 316 g/mol. The highest BCUT2D eigenvalue weighted by molar-refractivity contribution is 5.91. The summed E-state index contributed by atoms with van der Waals surface area (Å²) in [6, 6.07) is 10.5. The van der Waals surface area contributed by atoms with E-state index in [-0.39, 0.29) is 5.91 Å². The minimum Gasteiger partial charge on any atom is -0.378 e. The molecule has 0 spiro atoms. The Kier molecular flexibility index (Phi) is 4.55. The van der Waals surface area contributed by atoms with E-state index in [9.17, 15) is 4.79 Å². The smallest absolute Gasteiger partial charge is 0.290 e. The van der Waals surface area contributed by atoms with E-state index >= 15 is 0 Å². The summed E-state index contributed by atoms with van der Waals surface area (Å²) in [5, 5.41) is 0. The average Bonchev–Trinajstić information content (AvgIpc) is 2.99. The predicted octanol–water partition coefficient (Wildman–Crippen LogP) is 1.45. The number of carbonyl (C=O) groups excluding carboxylic acids is 1. The van der Waals surface area contributed by atoms with Crippen molar-refractivity contribution in [2.45, 2.75) is 19.5 Å². The lowest BCUT2D eigenvalue weighted by atomic mass is 10.1. The molecule has 0 unspecified atom stereocenters. The molecule has 3 heterocycles. The maximum absolute atomic E-state index is 12.8. The van der Waals surface area contributed by atoms with Crippen molar-refractivity contribution in [3.63, 3.8) is 0 Å². The van der Waals surface area contributed by atoms with Gasteiger partial charge in [0, 0.05) is 51.9 Å². The average molecular weight is 340 g/mol. The second kappa shape index (κ2) is 6.98. The molecule has 4 rings (SSSR count). The van der Waals surface area contributed by atoms with Crippen LogP contribution in [0, 0.1) is 0 Å². The molecule has 0 aliphatic carbocycles. The monoisotopic (exact) mass is 340 g/mol. The zero-order chi connectivity index (χ0) is 17.2. The molecule has 25 heavy (non-hydrogen) atoms. The van der Waals surface area contributed by atoms with E-state index in [0.29, 0.717) is 32.1 Å². The number of fused-ring (bicyclic) bond motifs is 1. The number of rotatable bonds is 3. The lowest BCUT2D eigenvalue weighted by Gasteiger charge is -2.27. The van der Waals surface area contributed by atoms with Crippen molar-refractivity contribution >= 4 is 5.91 Å². The number of hydrogen-bond donors (Lipinski definition) is 0. The van der Waals surface area contributed by atoms with Crippen molar-refractivity contribution in [3.05, 3.63) is 53.1 Å². The van der Waals surface area contributed by atoms with Crippen LogP contribution < -0.4 is 0 Å². The third-order valence-electron chi connectivity index (χ3n) is 5.07. The van der Waals surface area contributed by atoms with Crippen molar-refractivity contribution in [3.8, 4) is 0 Å². The highest BCUT2D eigenvalue weighted by Crippen LogP contribution is 2.22. The summed E-state index contributed by atoms with van der Waals surface area (Å²) in [4.78, 5) is 21.7. The summed E-state index contributed by atoms with van der Waals surface area (Å²) in [7, 11) is 1.96. The fourth-order valence-electron chi connectivity index (χ4n) is 3.66. The molecule has 2 aromatic rings. The summed E-state index contributed by atoms with van der Waals surface area (Å²) < 4.78 is 7.33. The number of nitrogens with zero attached hydrogens (tertiary/aromatic N) is 4. The van der Waals surface area contributed by atoms with Gasteiger partial charge in [-0.05, 0) is 5.56 Å². The molecule has 132 valence electrons. The number of benzene rings is 1. The molecule has 0 bridgehead atoms. The Morgan fingerprint density at radius 1 is 1.16 bits per heavy atom. The van der Waals surface area contributed by atoms with E-state index in [2.05, 4.69) is 29.2 Å². The largest absolute Gasteiger partial charge is 0.378 e. The first-order chi connectivity index (χ1) is 12.2. The van der Waals surface area contributed by atoms with E-state index in [0.717, 1.165) is 31.7 Å². The molecule has 1 saturated heterocycles. The molecule has 0 atom stereocenters. The third kappa shape index (κ3) is 3.32. The summed E-state index contributed by atoms with van der Waals surface area (Å²) in [6.07, 6.45) is 0.933. The van der Waals surface area contributed by atoms with Crippen molar-refractivity contribution in [2.75, 3.05) is 32.8 Å². The SMILES string of the molecule is Cn1c(C(=O)N2CCOCC2)nc2c1CCN(Cc1ccccc1)C2. The van der Waals surface area contributed by atoms with Crippen molar-refractivity contribution < 1.29 is 9.53 Å². The van der Waals surface area contributed by atoms with Crippen LogP contribution >= 0.6 is 0 Å². The molecule has 2 aliphatic heterocycles. The molecule has 2 aliphatic rings. The second-order valence-electron chi connectivity index (χ2n) is 6.74. The molecule has 1 amide bonds. The van der Waals surface area contributed by atoms with Gasteiger partial charge in [0.25, 0.3) is 5.91 Å². The van der Waals surface area contributed by atoms with Gasteiger partial charge in [-0.2, -0.15) is 0 Å². The van der Waals surface area contributed by atoms with Gasteiger partial charge in [-0.1, -0.05) is 30.3 Å². The summed E-state index contributed by atoms with van der Waals surface area (Å²) in [5.41, 5.74) is 3.55. The van der Waals surface area contributed by atoms with Crippen LogP contribution in [0.5, 0.6) is 0 Å². The molecule has 0 N–H and O–H groups in total. The van der Waals surface area contributed by atoms with Gasteiger partial charge in [-0.25, -0.2) is 4.98 Å². The van der Waals surface area contributed by atoms with Gasteiger partial charge in [0.05, 0.1) is 18.9 Å². The number of morpholine rings is 1. The van der Waals surface area contributed by atoms with E-state index in [1.54, 1.807) is 0 Å². The molecule has 1 fully saturated rings. The molecule has 0 radical (unpaired) electrons. The fraction of sp³-hybridized carbons (Fsp3) is 0.474. The number of carbonyl (C=O) groups is 1. The second-order valence-corrected chi connectivity index (χ2v) is 6.74. The number of amides is 1. The van der Waals surface area contributed by atoms with E-state index in [1.165, 1.54) is 11.3 Å². The Morgan fingerprint density at radius 3 is 2.68 bits per heavy atom. The van der Waals surface area contributed by atoms with Crippen LogP contribution in [0.4, 0.5) is 0 Å². The Hall–Kier alpha value is -2.18. The first kappa shape index (κ1) is 16.3. The van der Waals surface area contributed by atoms with Crippen LogP contribution in [0.1, 0.15) is 27.6 Å². The van der Waals surface area contributed by atoms with Crippen LogP contribution in [-0.4, -0.2) is 58.1 Å². The van der Waals surface area contributed by atoms with Crippen LogP contribution in [0.25, 0.3) is 0 Å². The van der Waals surface area contributed by atoms with Crippen LogP contribution in [-0.2, 0) is 31.3 Å². The predicted molar refractivity (Wildman–Crippen MR) is 94.2 cm³/mol. The lowest BCUT2D eigenvalue weighted by Crippen LogP contribution is -2.41. The quantitative estimate of drug-likeness (QED) is 0.849. The highest BCUT2D eigenvalue weighted by Gasteiger charge is 2.28. The van der Waals surface area contributed by atoms with Crippen molar-refractivity contribution in [1.82, 2.24) is 19.4 Å². The fourth-order valence-corrected chi connectivity index (χ4v) is 3.66. The maximum atomic E-state index is 12.8. The molecule has 0 saturated carbocycles. The van der Waals surface area contributed by atoms with E-state index in [1.807, 2.05) is 22.6 Å². The topological polar surface area (TPSA) is 50.6 Å². The number of hydrogen-bond acceptors (Lipinski definition) is 4. The van der Waals surface area contributed by atoms with Crippen molar-refractivity contribution in [2.24, 2.45) is 7.05 Å². The number of aromatic nitrogens is 2.